The fourth-order valence-corrected chi connectivity index (χ4v) is 2.96. The smallest absolute Gasteiger partial charge is 0.251 e. The third kappa shape index (κ3) is 3.48. The van der Waals surface area contributed by atoms with Gasteiger partial charge in [-0.3, -0.25) is 4.79 Å². The van der Waals surface area contributed by atoms with Crippen LogP contribution in [0, 0.1) is 3.57 Å². The first kappa shape index (κ1) is 14.3. The van der Waals surface area contributed by atoms with Crippen LogP contribution in [0.25, 0.3) is 0 Å². The van der Waals surface area contributed by atoms with Gasteiger partial charge >= 0.3 is 0 Å². The zero-order valence-corrected chi connectivity index (χ0v) is 13.4. The van der Waals surface area contributed by atoms with E-state index in [9.17, 15) is 9.90 Å². The molecule has 1 atom stereocenters. The van der Waals surface area contributed by atoms with Crippen molar-refractivity contribution in [3.05, 3.63) is 49.7 Å². The summed E-state index contributed by atoms with van der Waals surface area (Å²) in [6.45, 7) is 2.04. The summed E-state index contributed by atoms with van der Waals surface area (Å²) < 4.78 is 0.736. The summed E-state index contributed by atoms with van der Waals surface area (Å²) in [5.41, 5.74) is 0.480. The molecule has 2 N–H and O–H groups in total. The Hall–Kier alpha value is -1.08. The van der Waals surface area contributed by atoms with E-state index in [0.717, 1.165) is 14.9 Å². The van der Waals surface area contributed by atoms with Gasteiger partial charge in [-0.25, -0.2) is 0 Å². The van der Waals surface area contributed by atoms with Crippen molar-refractivity contribution in [1.29, 1.82) is 0 Å². The van der Waals surface area contributed by atoms with Crippen LogP contribution in [0.5, 0.6) is 5.75 Å². The van der Waals surface area contributed by atoms with Crippen molar-refractivity contribution in [1.82, 2.24) is 5.32 Å². The molecule has 1 amide bonds. The molecule has 0 bridgehead atoms. The number of nitrogens with one attached hydrogen (secondary N) is 1. The highest BCUT2D eigenvalue weighted by Gasteiger charge is 2.15. The summed E-state index contributed by atoms with van der Waals surface area (Å²) in [5.74, 6) is -0.0237. The van der Waals surface area contributed by atoms with Gasteiger partial charge in [0.15, 0.2) is 0 Å². The van der Waals surface area contributed by atoms with E-state index in [0.29, 0.717) is 5.56 Å². The predicted molar refractivity (Wildman–Crippen MR) is 85.6 cm³/mol. The number of benzene rings is 1. The first-order valence-electron chi connectivity index (χ1n) is 5.94. The maximum Gasteiger partial charge on any atom is 0.251 e. The molecule has 0 saturated heterocycles. The van der Waals surface area contributed by atoms with E-state index in [4.69, 9.17) is 0 Å². The van der Waals surface area contributed by atoms with Crippen LogP contribution >= 0.6 is 33.9 Å². The van der Waals surface area contributed by atoms with Crippen molar-refractivity contribution >= 4 is 39.8 Å². The molecule has 5 heteroatoms. The molecule has 0 aliphatic carbocycles. The zero-order chi connectivity index (χ0) is 13.8. The second-order valence-corrected chi connectivity index (χ2v) is 6.26. The number of thiophene rings is 1. The second kappa shape index (κ2) is 6.38. The van der Waals surface area contributed by atoms with E-state index < -0.39 is 0 Å². The number of hydrogen-bond acceptors (Lipinski definition) is 3. The van der Waals surface area contributed by atoms with Crippen molar-refractivity contribution < 1.29 is 9.90 Å². The minimum absolute atomic E-state index is 0.0221. The molecule has 0 aliphatic rings. The average molecular weight is 387 g/mol. The van der Waals surface area contributed by atoms with Gasteiger partial charge in [0, 0.05) is 10.4 Å². The number of carbonyl (C=O) groups is 1. The fourth-order valence-electron chi connectivity index (χ4n) is 1.76. The van der Waals surface area contributed by atoms with Crippen LogP contribution in [-0.2, 0) is 0 Å². The first-order chi connectivity index (χ1) is 9.11. The van der Waals surface area contributed by atoms with E-state index in [2.05, 4.69) is 5.32 Å². The Bertz CT molecular complexity index is 569. The lowest BCUT2D eigenvalue weighted by atomic mass is 10.1. The summed E-state index contributed by atoms with van der Waals surface area (Å²) >= 11 is 3.66. The van der Waals surface area contributed by atoms with Crippen LogP contribution in [0.1, 0.15) is 34.6 Å². The Morgan fingerprint density at radius 1 is 1.47 bits per heavy atom. The number of halogens is 1. The van der Waals surface area contributed by atoms with Gasteiger partial charge in [-0.1, -0.05) is 13.0 Å². The minimum Gasteiger partial charge on any atom is -0.507 e. The third-order valence-corrected chi connectivity index (χ3v) is 4.71. The molecule has 2 aromatic rings. The van der Waals surface area contributed by atoms with Crippen LogP contribution in [0.4, 0.5) is 0 Å². The molecule has 1 aromatic heterocycles. The number of amides is 1. The maximum atomic E-state index is 12.2. The molecule has 0 fully saturated rings. The largest absolute Gasteiger partial charge is 0.507 e. The van der Waals surface area contributed by atoms with Crippen molar-refractivity contribution in [3.63, 3.8) is 0 Å². The normalized spacial score (nSPS) is 12.1. The van der Waals surface area contributed by atoms with Gasteiger partial charge in [0.2, 0.25) is 0 Å². The van der Waals surface area contributed by atoms with E-state index in [1.54, 1.807) is 23.5 Å². The van der Waals surface area contributed by atoms with Gasteiger partial charge in [-0.2, -0.15) is 0 Å². The van der Waals surface area contributed by atoms with E-state index >= 15 is 0 Å². The van der Waals surface area contributed by atoms with Crippen molar-refractivity contribution in [2.75, 3.05) is 0 Å². The summed E-state index contributed by atoms with van der Waals surface area (Å²) in [4.78, 5) is 13.3. The van der Waals surface area contributed by atoms with E-state index in [-0.39, 0.29) is 17.7 Å². The molecule has 2 rings (SSSR count). The van der Waals surface area contributed by atoms with E-state index in [1.807, 2.05) is 47.0 Å². The number of aromatic hydroxyl groups is 1. The summed E-state index contributed by atoms with van der Waals surface area (Å²) in [6, 6.07) is 8.97. The van der Waals surface area contributed by atoms with Crippen molar-refractivity contribution in [3.8, 4) is 5.75 Å². The zero-order valence-electron chi connectivity index (χ0n) is 10.4. The molecule has 0 saturated carbocycles. The maximum absolute atomic E-state index is 12.2. The quantitative estimate of drug-likeness (QED) is 0.781. The monoisotopic (exact) mass is 387 g/mol. The van der Waals surface area contributed by atoms with Crippen molar-refractivity contribution in [2.45, 2.75) is 19.4 Å². The van der Waals surface area contributed by atoms with Gasteiger partial charge in [0.25, 0.3) is 5.91 Å². The molecular formula is C14H14INO2S. The Kier molecular flexibility index (Phi) is 4.81. The second-order valence-electron chi connectivity index (χ2n) is 4.12. The molecule has 1 aromatic carbocycles. The summed E-state index contributed by atoms with van der Waals surface area (Å²) in [5, 5.41) is 14.6. The molecule has 19 heavy (non-hydrogen) atoms. The molecule has 0 aliphatic heterocycles. The fraction of sp³-hybridized carbons (Fsp3) is 0.214. The number of phenolic OH excluding ortho intramolecular Hbond substituents is 1. The highest BCUT2D eigenvalue weighted by atomic mass is 127. The lowest BCUT2D eigenvalue weighted by molar-refractivity contribution is 0.0936. The molecular weight excluding hydrogens is 373 g/mol. The summed E-state index contributed by atoms with van der Waals surface area (Å²) in [6.07, 6.45) is 0.836. The number of hydrogen-bond donors (Lipinski definition) is 2. The lowest BCUT2D eigenvalue weighted by Crippen LogP contribution is -2.27. The van der Waals surface area contributed by atoms with E-state index in [1.165, 1.54) is 6.07 Å². The number of phenols is 1. The molecule has 1 heterocycles. The SMILES string of the molecule is CCC(NC(=O)c1ccc(I)c(O)c1)c1cccs1. The third-order valence-electron chi connectivity index (χ3n) is 2.81. The molecule has 0 spiro atoms. The average Bonchev–Trinajstić information content (AvgIpc) is 2.92. The van der Waals surface area contributed by atoms with Crippen molar-refractivity contribution in [2.24, 2.45) is 0 Å². The van der Waals surface area contributed by atoms with Crippen LogP contribution in [0.3, 0.4) is 0 Å². The number of rotatable bonds is 4. The highest BCUT2D eigenvalue weighted by molar-refractivity contribution is 14.1. The Balaban J connectivity index is 2.13. The Morgan fingerprint density at radius 2 is 2.26 bits per heavy atom. The highest BCUT2D eigenvalue weighted by Crippen LogP contribution is 2.24. The van der Waals surface area contributed by atoms with Crippen LogP contribution in [0.2, 0.25) is 0 Å². The van der Waals surface area contributed by atoms with Crippen LogP contribution in [-0.4, -0.2) is 11.0 Å². The topological polar surface area (TPSA) is 49.3 Å². The lowest BCUT2D eigenvalue weighted by Gasteiger charge is -2.15. The van der Waals surface area contributed by atoms with Crippen LogP contribution < -0.4 is 5.32 Å². The van der Waals surface area contributed by atoms with Gasteiger partial charge in [-0.05, 0) is 58.7 Å². The molecule has 1 unspecified atom stereocenters. The molecule has 0 radical (unpaired) electrons. The van der Waals surface area contributed by atoms with Gasteiger partial charge in [0.05, 0.1) is 9.61 Å². The van der Waals surface area contributed by atoms with Crippen LogP contribution in [0.15, 0.2) is 35.7 Å². The standard InChI is InChI=1S/C14H14INO2S/c1-2-11(13-4-3-7-19-13)16-14(18)9-5-6-10(15)12(17)8-9/h3-8,11,17H,2H2,1H3,(H,16,18). The van der Waals surface area contributed by atoms with Gasteiger partial charge in [0.1, 0.15) is 5.75 Å². The van der Waals surface area contributed by atoms with Gasteiger partial charge in [-0.15, -0.1) is 11.3 Å². The number of carbonyl (C=O) groups excluding carboxylic acids is 1. The predicted octanol–water partition coefficient (Wildman–Crippen LogP) is 3.94. The molecule has 100 valence electrons. The van der Waals surface area contributed by atoms with Gasteiger partial charge < -0.3 is 10.4 Å². The molecule has 3 nitrogen and oxygen atoms in total. The summed E-state index contributed by atoms with van der Waals surface area (Å²) in [7, 11) is 0. The first-order valence-corrected chi connectivity index (χ1v) is 7.90. The Morgan fingerprint density at radius 3 is 2.84 bits per heavy atom. The minimum atomic E-state index is -0.160. The Labute approximate surface area is 129 Å².